The summed E-state index contributed by atoms with van der Waals surface area (Å²) in [5.74, 6) is 0.898. The normalized spacial score (nSPS) is 13.7. The molecule has 2 aromatic carbocycles. The smallest absolute Gasteiger partial charge is 0.121 e. The van der Waals surface area contributed by atoms with Gasteiger partial charge < -0.3 is 13.7 Å². The SMILES string of the molecule is COc1ccc(-c2cn3cc(-c4ccccc4)c4c3n2CCCC4)cc1. The Labute approximate surface area is 153 Å². The molecular formula is C23H22N2O. The van der Waals surface area contributed by atoms with Crippen LogP contribution in [-0.4, -0.2) is 16.1 Å². The zero-order valence-electron chi connectivity index (χ0n) is 15.0. The summed E-state index contributed by atoms with van der Waals surface area (Å²) in [4.78, 5) is 0. The van der Waals surface area contributed by atoms with Crippen LogP contribution in [0.2, 0.25) is 0 Å². The van der Waals surface area contributed by atoms with Crippen LogP contribution in [0.15, 0.2) is 67.0 Å². The van der Waals surface area contributed by atoms with E-state index < -0.39 is 0 Å². The van der Waals surface area contributed by atoms with E-state index in [2.05, 4.69) is 63.8 Å². The molecule has 4 aromatic rings. The molecule has 0 N–H and O–H groups in total. The van der Waals surface area contributed by atoms with E-state index in [1.54, 1.807) is 7.11 Å². The maximum atomic E-state index is 5.31. The predicted octanol–water partition coefficient (Wildman–Crippen LogP) is 5.42. The molecule has 1 aliphatic heterocycles. The molecule has 0 fully saturated rings. The zero-order valence-corrected chi connectivity index (χ0v) is 15.0. The number of rotatable bonds is 3. The van der Waals surface area contributed by atoms with Gasteiger partial charge in [0.25, 0.3) is 0 Å². The van der Waals surface area contributed by atoms with Crippen molar-refractivity contribution in [1.82, 2.24) is 8.97 Å². The second kappa shape index (κ2) is 6.10. The van der Waals surface area contributed by atoms with Gasteiger partial charge in [0.1, 0.15) is 11.4 Å². The summed E-state index contributed by atoms with van der Waals surface area (Å²) >= 11 is 0. The molecule has 26 heavy (non-hydrogen) atoms. The molecule has 5 rings (SSSR count). The standard InChI is InChI=1S/C23H22N2O/c1-26-19-12-10-18(11-13-19)22-16-24-15-21(17-7-3-2-4-8-17)20-9-5-6-14-25(22)23(20)24/h2-4,7-8,10-13,15-16H,5-6,9,14H2,1H3. The first-order chi connectivity index (χ1) is 12.8. The minimum absolute atomic E-state index is 0.898. The van der Waals surface area contributed by atoms with Gasteiger partial charge in [-0.3, -0.25) is 0 Å². The third kappa shape index (κ3) is 2.35. The van der Waals surface area contributed by atoms with Crippen molar-refractivity contribution in [3.05, 3.63) is 72.6 Å². The van der Waals surface area contributed by atoms with Crippen LogP contribution in [0.3, 0.4) is 0 Å². The van der Waals surface area contributed by atoms with Gasteiger partial charge in [-0.05, 0) is 54.7 Å². The second-order valence-electron chi connectivity index (χ2n) is 6.97. The molecule has 2 aromatic heterocycles. The Morgan fingerprint density at radius 3 is 2.42 bits per heavy atom. The summed E-state index contributed by atoms with van der Waals surface area (Å²) in [5.41, 5.74) is 8.04. The lowest BCUT2D eigenvalue weighted by molar-refractivity contribution is 0.415. The maximum Gasteiger partial charge on any atom is 0.121 e. The molecule has 0 atom stereocenters. The molecular weight excluding hydrogens is 320 g/mol. The molecule has 130 valence electrons. The van der Waals surface area contributed by atoms with E-state index in [1.165, 1.54) is 46.4 Å². The fourth-order valence-corrected chi connectivity index (χ4v) is 4.17. The largest absolute Gasteiger partial charge is 0.497 e. The van der Waals surface area contributed by atoms with Gasteiger partial charge in [-0.2, -0.15) is 0 Å². The molecule has 3 nitrogen and oxygen atoms in total. The monoisotopic (exact) mass is 342 g/mol. The van der Waals surface area contributed by atoms with Crippen molar-refractivity contribution in [2.45, 2.75) is 25.8 Å². The topological polar surface area (TPSA) is 18.6 Å². The van der Waals surface area contributed by atoms with Gasteiger partial charge in [-0.25, -0.2) is 0 Å². The van der Waals surface area contributed by atoms with E-state index in [-0.39, 0.29) is 0 Å². The maximum absolute atomic E-state index is 5.31. The third-order valence-corrected chi connectivity index (χ3v) is 5.44. The van der Waals surface area contributed by atoms with Gasteiger partial charge in [0.05, 0.1) is 12.8 Å². The van der Waals surface area contributed by atoms with Crippen LogP contribution in [-0.2, 0) is 13.0 Å². The number of hydrogen-bond acceptors (Lipinski definition) is 1. The lowest BCUT2D eigenvalue weighted by atomic mass is 10.0. The van der Waals surface area contributed by atoms with Crippen molar-refractivity contribution in [3.8, 4) is 28.1 Å². The zero-order chi connectivity index (χ0) is 17.5. The molecule has 0 amide bonds. The molecule has 0 saturated heterocycles. The van der Waals surface area contributed by atoms with Crippen LogP contribution >= 0.6 is 0 Å². The molecule has 0 bridgehead atoms. The third-order valence-electron chi connectivity index (χ3n) is 5.44. The Kier molecular flexibility index (Phi) is 3.59. The van der Waals surface area contributed by atoms with Crippen molar-refractivity contribution in [2.24, 2.45) is 0 Å². The van der Waals surface area contributed by atoms with E-state index >= 15 is 0 Å². The van der Waals surface area contributed by atoms with Crippen molar-refractivity contribution in [2.75, 3.05) is 7.11 Å². The van der Waals surface area contributed by atoms with Crippen LogP contribution in [0.1, 0.15) is 18.4 Å². The Morgan fingerprint density at radius 1 is 0.846 bits per heavy atom. The number of nitrogens with zero attached hydrogens (tertiary/aromatic N) is 2. The van der Waals surface area contributed by atoms with Crippen LogP contribution in [0.25, 0.3) is 28.0 Å². The average Bonchev–Trinajstić information content (AvgIpc) is 3.13. The highest BCUT2D eigenvalue weighted by molar-refractivity contribution is 5.78. The number of methoxy groups -OCH3 is 1. The number of imidazole rings is 1. The van der Waals surface area contributed by atoms with Gasteiger partial charge in [-0.15, -0.1) is 0 Å². The second-order valence-corrected chi connectivity index (χ2v) is 6.97. The molecule has 0 unspecified atom stereocenters. The van der Waals surface area contributed by atoms with Gasteiger partial charge >= 0.3 is 0 Å². The number of aromatic nitrogens is 2. The summed E-state index contributed by atoms with van der Waals surface area (Å²) in [6.07, 6.45) is 8.18. The molecule has 3 heteroatoms. The van der Waals surface area contributed by atoms with Crippen LogP contribution in [0.5, 0.6) is 5.75 Å². The Balaban J connectivity index is 1.70. The Morgan fingerprint density at radius 2 is 1.65 bits per heavy atom. The van der Waals surface area contributed by atoms with Crippen molar-refractivity contribution in [3.63, 3.8) is 0 Å². The van der Waals surface area contributed by atoms with Crippen LogP contribution in [0.4, 0.5) is 0 Å². The number of ether oxygens (including phenoxy) is 1. The quantitative estimate of drug-likeness (QED) is 0.486. The molecule has 0 saturated carbocycles. The van der Waals surface area contributed by atoms with E-state index in [0.29, 0.717) is 0 Å². The highest BCUT2D eigenvalue weighted by atomic mass is 16.5. The first kappa shape index (κ1) is 15.3. The van der Waals surface area contributed by atoms with Gasteiger partial charge in [0, 0.05) is 30.1 Å². The fourth-order valence-electron chi connectivity index (χ4n) is 4.17. The Hall–Kier alpha value is -2.94. The molecule has 1 aliphatic rings. The number of hydrogen-bond donors (Lipinski definition) is 0. The van der Waals surface area contributed by atoms with E-state index in [4.69, 9.17) is 4.74 Å². The van der Waals surface area contributed by atoms with Gasteiger partial charge in [0.15, 0.2) is 0 Å². The molecule has 0 radical (unpaired) electrons. The van der Waals surface area contributed by atoms with Crippen molar-refractivity contribution in [1.29, 1.82) is 0 Å². The number of benzene rings is 2. The van der Waals surface area contributed by atoms with Crippen molar-refractivity contribution >= 4 is 5.65 Å². The highest BCUT2D eigenvalue weighted by Gasteiger charge is 2.21. The summed E-state index contributed by atoms with van der Waals surface area (Å²) in [6, 6.07) is 19.1. The van der Waals surface area contributed by atoms with E-state index in [9.17, 15) is 0 Å². The lowest BCUT2D eigenvalue weighted by Crippen LogP contribution is -1.99. The summed E-state index contributed by atoms with van der Waals surface area (Å²) in [5, 5.41) is 0. The first-order valence-corrected chi connectivity index (χ1v) is 9.28. The minimum atomic E-state index is 0.898. The lowest BCUT2D eigenvalue weighted by Gasteiger charge is -2.09. The fraction of sp³-hybridized carbons (Fsp3) is 0.217. The van der Waals surface area contributed by atoms with E-state index in [0.717, 1.165) is 18.7 Å². The Bertz CT molecular complexity index is 1060. The predicted molar refractivity (Wildman–Crippen MR) is 106 cm³/mol. The first-order valence-electron chi connectivity index (χ1n) is 9.28. The molecule has 0 aliphatic carbocycles. The van der Waals surface area contributed by atoms with Crippen LogP contribution < -0.4 is 4.74 Å². The number of aryl methyl sites for hydroxylation is 2. The summed E-state index contributed by atoms with van der Waals surface area (Å²) in [6.45, 7) is 1.07. The molecule has 3 heterocycles. The van der Waals surface area contributed by atoms with Gasteiger partial charge in [0.2, 0.25) is 0 Å². The average molecular weight is 342 g/mol. The highest BCUT2D eigenvalue weighted by Crippen LogP contribution is 2.36. The summed E-state index contributed by atoms with van der Waals surface area (Å²) in [7, 11) is 1.71. The summed E-state index contributed by atoms with van der Waals surface area (Å²) < 4.78 is 10.1. The minimum Gasteiger partial charge on any atom is -0.497 e. The van der Waals surface area contributed by atoms with Crippen molar-refractivity contribution < 1.29 is 4.74 Å². The van der Waals surface area contributed by atoms with E-state index in [1.807, 2.05) is 12.1 Å². The van der Waals surface area contributed by atoms with Gasteiger partial charge in [-0.1, -0.05) is 30.3 Å². The van der Waals surface area contributed by atoms with Crippen LogP contribution in [0, 0.1) is 0 Å². The molecule has 0 spiro atoms.